The SMILES string of the molecule is Clc1ccc2c(Cl)cc(I)c(OCCCCCBr)c2n1. The highest BCUT2D eigenvalue weighted by Crippen LogP contribution is 2.35. The van der Waals surface area contributed by atoms with Crippen molar-refractivity contribution >= 4 is 72.6 Å². The summed E-state index contributed by atoms with van der Waals surface area (Å²) in [5, 5.41) is 3.01. The number of hydrogen-bond donors (Lipinski definition) is 0. The Morgan fingerprint density at radius 2 is 2.00 bits per heavy atom. The monoisotopic (exact) mass is 487 g/mol. The topological polar surface area (TPSA) is 22.1 Å². The molecule has 0 aliphatic carbocycles. The van der Waals surface area contributed by atoms with Crippen LogP contribution >= 0.6 is 61.7 Å². The lowest BCUT2D eigenvalue weighted by molar-refractivity contribution is 0.307. The fourth-order valence-corrected chi connectivity index (χ4v) is 3.57. The van der Waals surface area contributed by atoms with E-state index in [4.69, 9.17) is 27.9 Å². The van der Waals surface area contributed by atoms with E-state index in [0.29, 0.717) is 16.8 Å². The van der Waals surface area contributed by atoms with E-state index in [9.17, 15) is 0 Å². The Kier molecular flexibility index (Phi) is 6.65. The Morgan fingerprint density at radius 3 is 2.75 bits per heavy atom. The van der Waals surface area contributed by atoms with Crippen molar-refractivity contribution in [2.45, 2.75) is 19.3 Å². The van der Waals surface area contributed by atoms with Gasteiger partial charge in [0, 0.05) is 10.7 Å². The highest BCUT2D eigenvalue weighted by atomic mass is 127. The lowest BCUT2D eigenvalue weighted by atomic mass is 10.2. The fraction of sp³-hybridized carbons (Fsp3) is 0.357. The van der Waals surface area contributed by atoms with Crippen LogP contribution in [-0.4, -0.2) is 16.9 Å². The average Bonchev–Trinajstić information content (AvgIpc) is 2.41. The lowest BCUT2D eigenvalue weighted by Crippen LogP contribution is -2.01. The first-order chi connectivity index (χ1) is 9.63. The maximum Gasteiger partial charge on any atom is 0.158 e. The summed E-state index contributed by atoms with van der Waals surface area (Å²) in [7, 11) is 0. The Labute approximate surface area is 150 Å². The maximum absolute atomic E-state index is 6.24. The van der Waals surface area contributed by atoms with E-state index in [1.807, 2.05) is 12.1 Å². The van der Waals surface area contributed by atoms with Gasteiger partial charge in [-0.05, 0) is 60.1 Å². The second-order valence-electron chi connectivity index (χ2n) is 4.30. The van der Waals surface area contributed by atoms with Crippen molar-refractivity contribution in [3.05, 3.63) is 31.9 Å². The molecule has 0 spiro atoms. The van der Waals surface area contributed by atoms with Crippen LogP contribution in [0.15, 0.2) is 18.2 Å². The largest absolute Gasteiger partial charge is 0.490 e. The van der Waals surface area contributed by atoms with Crippen LogP contribution in [0.3, 0.4) is 0 Å². The number of fused-ring (bicyclic) bond motifs is 1. The zero-order chi connectivity index (χ0) is 14.5. The van der Waals surface area contributed by atoms with E-state index in [1.54, 1.807) is 6.07 Å². The van der Waals surface area contributed by atoms with Crippen molar-refractivity contribution in [1.82, 2.24) is 4.98 Å². The van der Waals surface area contributed by atoms with Crippen LogP contribution in [0, 0.1) is 3.57 Å². The van der Waals surface area contributed by atoms with E-state index < -0.39 is 0 Å². The van der Waals surface area contributed by atoms with E-state index >= 15 is 0 Å². The molecule has 0 aliphatic rings. The fourth-order valence-electron chi connectivity index (χ4n) is 1.85. The van der Waals surface area contributed by atoms with Gasteiger partial charge >= 0.3 is 0 Å². The summed E-state index contributed by atoms with van der Waals surface area (Å²) in [5.74, 6) is 0.770. The minimum absolute atomic E-state index is 0.444. The van der Waals surface area contributed by atoms with Gasteiger partial charge in [-0.3, -0.25) is 0 Å². The molecule has 0 amide bonds. The molecular weight excluding hydrogens is 476 g/mol. The Bertz CT molecular complexity index is 609. The third kappa shape index (κ3) is 4.12. The van der Waals surface area contributed by atoms with Crippen molar-refractivity contribution in [3.63, 3.8) is 0 Å². The predicted octanol–water partition coefficient (Wildman–Crippen LogP) is 6.09. The van der Waals surface area contributed by atoms with Gasteiger partial charge in [-0.2, -0.15) is 0 Å². The molecular formula is C14H13BrCl2INO. The molecule has 0 fully saturated rings. The van der Waals surface area contributed by atoms with Gasteiger partial charge in [0.25, 0.3) is 0 Å². The first-order valence-corrected chi connectivity index (χ1v) is 9.22. The molecule has 2 nitrogen and oxygen atoms in total. The normalized spacial score (nSPS) is 11.0. The van der Waals surface area contributed by atoms with Gasteiger partial charge in [-0.25, -0.2) is 4.98 Å². The van der Waals surface area contributed by atoms with Crippen LogP contribution in [0.1, 0.15) is 19.3 Å². The zero-order valence-corrected chi connectivity index (χ0v) is 15.9. The number of benzene rings is 1. The number of aromatic nitrogens is 1. The van der Waals surface area contributed by atoms with Crippen molar-refractivity contribution in [2.24, 2.45) is 0 Å². The van der Waals surface area contributed by atoms with Gasteiger partial charge in [0.1, 0.15) is 10.7 Å². The van der Waals surface area contributed by atoms with Gasteiger partial charge in [0.2, 0.25) is 0 Å². The molecule has 0 atom stereocenters. The number of halogens is 4. The van der Waals surface area contributed by atoms with Crippen molar-refractivity contribution in [1.29, 1.82) is 0 Å². The summed E-state index contributed by atoms with van der Waals surface area (Å²) in [5.41, 5.74) is 0.731. The predicted molar refractivity (Wildman–Crippen MR) is 97.6 cm³/mol. The number of ether oxygens (including phenoxy) is 1. The van der Waals surface area contributed by atoms with Crippen molar-refractivity contribution < 1.29 is 4.74 Å². The molecule has 108 valence electrons. The molecule has 0 saturated carbocycles. The van der Waals surface area contributed by atoms with Gasteiger partial charge in [-0.15, -0.1) is 0 Å². The molecule has 0 saturated heterocycles. The summed E-state index contributed by atoms with van der Waals surface area (Å²) < 4.78 is 6.86. The number of unbranched alkanes of at least 4 members (excludes halogenated alkanes) is 2. The first-order valence-electron chi connectivity index (χ1n) is 6.26. The van der Waals surface area contributed by atoms with Crippen LogP contribution in [-0.2, 0) is 0 Å². The highest BCUT2D eigenvalue weighted by molar-refractivity contribution is 14.1. The third-order valence-corrected chi connectivity index (χ3v) is 4.71. The Hall–Kier alpha value is 0.220. The molecule has 0 N–H and O–H groups in total. The van der Waals surface area contributed by atoms with E-state index in [-0.39, 0.29) is 0 Å². The molecule has 20 heavy (non-hydrogen) atoms. The standard InChI is InChI=1S/C14H13BrCl2INO/c15-6-2-1-3-7-20-14-11(18)8-10(16)9-4-5-12(17)19-13(9)14/h4-5,8H,1-3,6-7H2. The molecule has 2 aromatic rings. The van der Waals surface area contributed by atoms with Crippen molar-refractivity contribution in [3.8, 4) is 5.75 Å². The summed E-state index contributed by atoms with van der Waals surface area (Å²) in [6.07, 6.45) is 3.32. The smallest absolute Gasteiger partial charge is 0.158 e. The molecule has 0 bridgehead atoms. The number of hydrogen-bond acceptors (Lipinski definition) is 2. The van der Waals surface area contributed by atoms with Crippen LogP contribution in [0.25, 0.3) is 10.9 Å². The second kappa shape index (κ2) is 8.01. The van der Waals surface area contributed by atoms with Crippen LogP contribution in [0.4, 0.5) is 0 Å². The summed E-state index contributed by atoms with van der Waals surface area (Å²) in [4.78, 5) is 4.36. The van der Waals surface area contributed by atoms with Crippen molar-refractivity contribution in [2.75, 3.05) is 11.9 Å². The number of pyridine rings is 1. The first kappa shape index (κ1) is 16.6. The third-order valence-electron chi connectivity index (χ3n) is 2.83. The van der Waals surface area contributed by atoms with Gasteiger partial charge in [-0.1, -0.05) is 39.1 Å². The quantitative estimate of drug-likeness (QED) is 0.212. The summed E-state index contributed by atoms with van der Waals surface area (Å²) in [6.45, 7) is 0.675. The summed E-state index contributed by atoms with van der Waals surface area (Å²) >= 11 is 17.9. The highest BCUT2D eigenvalue weighted by Gasteiger charge is 2.13. The van der Waals surface area contributed by atoms with Gasteiger partial charge in [0.05, 0.1) is 15.2 Å². The number of alkyl halides is 1. The van der Waals surface area contributed by atoms with Gasteiger partial charge < -0.3 is 4.74 Å². The Morgan fingerprint density at radius 1 is 1.20 bits per heavy atom. The number of rotatable bonds is 6. The lowest BCUT2D eigenvalue weighted by Gasteiger charge is -2.12. The molecule has 1 heterocycles. The maximum atomic E-state index is 6.24. The van der Waals surface area contributed by atoms with Crippen LogP contribution < -0.4 is 4.74 Å². The Balaban J connectivity index is 2.25. The average molecular weight is 489 g/mol. The van der Waals surface area contributed by atoms with Crippen LogP contribution in [0.2, 0.25) is 10.2 Å². The zero-order valence-electron chi connectivity index (χ0n) is 10.6. The van der Waals surface area contributed by atoms with Gasteiger partial charge in [0.15, 0.2) is 5.75 Å². The molecule has 0 aliphatic heterocycles. The minimum atomic E-state index is 0.444. The molecule has 2 rings (SSSR count). The van der Waals surface area contributed by atoms with Crippen LogP contribution in [0.5, 0.6) is 5.75 Å². The number of nitrogens with zero attached hydrogens (tertiary/aromatic N) is 1. The van der Waals surface area contributed by atoms with E-state index in [0.717, 1.165) is 44.8 Å². The molecule has 6 heteroatoms. The van der Waals surface area contributed by atoms with E-state index in [2.05, 4.69) is 43.5 Å². The molecule has 1 aromatic heterocycles. The van der Waals surface area contributed by atoms with E-state index in [1.165, 1.54) is 0 Å². The second-order valence-corrected chi connectivity index (χ2v) is 7.05. The molecule has 0 radical (unpaired) electrons. The minimum Gasteiger partial charge on any atom is -0.490 e. The molecule has 0 unspecified atom stereocenters. The molecule has 1 aromatic carbocycles. The summed E-state index contributed by atoms with van der Waals surface area (Å²) in [6, 6.07) is 5.51.